The zero-order chi connectivity index (χ0) is 12.3. The van der Waals surface area contributed by atoms with Crippen LogP contribution in [0.1, 0.15) is 0 Å². The summed E-state index contributed by atoms with van der Waals surface area (Å²) >= 11 is 0. The Bertz CT molecular complexity index is 623. The zero-order valence-corrected chi connectivity index (χ0v) is 9.25. The quantitative estimate of drug-likeness (QED) is 0.495. The molecule has 0 bridgehead atoms. The first kappa shape index (κ1) is 11.1. The van der Waals surface area contributed by atoms with Crippen LogP contribution in [-0.4, -0.2) is 25.1 Å². The molecule has 1 N–H and O–H groups in total. The van der Waals surface area contributed by atoms with Gasteiger partial charge in [-0.15, -0.1) is 0 Å². The van der Waals surface area contributed by atoms with E-state index in [4.69, 9.17) is 9.95 Å². The largest absolute Gasteiger partial charge is 0.417 e. The molecule has 0 fully saturated rings. The highest BCUT2D eigenvalue weighted by Gasteiger charge is 2.05. The maximum atomic E-state index is 11.0. The third-order valence-corrected chi connectivity index (χ3v) is 2.44. The van der Waals surface area contributed by atoms with Gasteiger partial charge in [-0.05, 0) is 17.7 Å². The third-order valence-electron chi connectivity index (χ3n) is 2.44. The van der Waals surface area contributed by atoms with Gasteiger partial charge in [0.2, 0.25) is 0 Å². The number of nitrogens with zero attached hydrogens (tertiary/aromatic N) is 4. The number of H-pyrrole nitrogens is 1. The Morgan fingerprint density at radius 3 is 3.18 bits per heavy atom. The van der Waals surface area contributed by atoms with Gasteiger partial charge in [0.1, 0.15) is 0 Å². The molecule has 0 aliphatic rings. The van der Waals surface area contributed by atoms with Gasteiger partial charge in [-0.25, -0.2) is 4.79 Å². The fourth-order valence-corrected chi connectivity index (χ4v) is 1.54. The molecule has 0 unspecified atom stereocenters. The first-order valence-corrected chi connectivity index (χ1v) is 5.05. The highest BCUT2D eigenvalue weighted by molar-refractivity contribution is 5.76. The Hall–Kier alpha value is -2.40. The van der Waals surface area contributed by atoms with Crippen molar-refractivity contribution < 1.29 is 4.42 Å². The molecule has 88 valence electrons. The van der Waals surface area contributed by atoms with Gasteiger partial charge in [-0.1, -0.05) is 5.11 Å². The second-order valence-electron chi connectivity index (χ2n) is 3.57. The summed E-state index contributed by atoms with van der Waals surface area (Å²) in [4.78, 5) is 18.2. The minimum atomic E-state index is -0.464. The van der Waals surface area contributed by atoms with Gasteiger partial charge in [-0.2, -0.15) is 0 Å². The summed E-state index contributed by atoms with van der Waals surface area (Å²) in [6, 6.07) is 5.41. The Kier molecular flexibility index (Phi) is 3.02. The zero-order valence-electron chi connectivity index (χ0n) is 9.25. The summed E-state index contributed by atoms with van der Waals surface area (Å²) < 4.78 is 4.96. The van der Waals surface area contributed by atoms with Crippen molar-refractivity contribution in [3.05, 3.63) is 39.2 Å². The summed E-state index contributed by atoms with van der Waals surface area (Å²) in [6.07, 6.45) is 0. The maximum Gasteiger partial charge on any atom is 0.417 e. The average Bonchev–Trinajstić information content (AvgIpc) is 2.68. The van der Waals surface area contributed by atoms with Crippen molar-refractivity contribution in [3.8, 4) is 0 Å². The van der Waals surface area contributed by atoms with E-state index < -0.39 is 5.76 Å². The number of aromatic amines is 1. The summed E-state index contributed by atoms with van der Waals surface area (Å²) in [5.41, 5.74) is 10.3. The number of rotatable bonds is 4. The van der Waals surface area contributed by atoms with Gasteiger partial charge in [-0.3, -0.25) is 4.98 Å². The predicted octanol–water partition coefficient (Wildman–Crippen LogP) is 1.87. The molecule has 0 radical (unpaired) electrons. The molecule has 0 amide bonds. The smallest absolute Gasteiger partial charge is 0.408 e. The van der Waals surface area contributed by atoms with Gasteiger partial charge >= 0.3 is 5.76 Å². The van der Waals surface area contributed by atoms with Crippen molar-refractivity contribution in [3.63, 3.8) is 0 Å². The Morgan fingerprint density at radius 1 is 1.59 bits per heavy atom. The van der Waals surface area contributed by atoms with Crippen molar-refractivity contribution in [2.75, 3.05) is 25.0 Å². The van der Waals surface area contributed by atoms with Crippen molar-refractivity contribution >= 4 is 16.8 Å². The molecule has 1 heterocycles. The van der Waals surface area contributed by atoms with E-state index in [1.807, 2.05) is 18.0 Å². The first-order valence-electron chi connectivity index (χ1n) is 5.05. The lowest BCUT2D eigenvalue weighted by Gasteiger charge is -2.17. The number of aromatic nitrogens is 1. The van der Waals surface area contributed by atoms with E-state index in [0.717, 1.165) is 5.69 Å². The molecule has 0 atom stereocenters. The van der Waals surface area contributed by atoms with Crippen LogP contribution in [0.3, 0.4) is 0 Å². The number of hydrogen-bond acceptors (Lipinski definition) is 4. The number of azide groups is 1. The monoisotopic (exact) mass is 233 g/mol. The lowest BCUT2D eigenvalue weighted by Crippen LogP contribution is -2.20. The summed E-state index contributed by atoms with van der Waals surface area (Å²) in [6.45, 7) is 0.992. The molecule has 1 aromatic heterocycles. The van der Waals surface area contributed by atoms with Crippen LogP contribution in [0, 0.1) is 0 Å². The van der Waals surface area contributed by atoms with E-state index in [9.17, 15) is 4.79 Å². The maximum absolute atomic E-state index is 11.0. The van der Waals surface area contributed by atoms with Crippen LogP contribution < -0.4 is 10.7 Å². The standard InChI is InChI=1S/C10H11N5O2/c1-15(5-4-12-14-11)7-2-3-8-9(6-7)17-10(16)13-8/h2-3,6H,4-5H2,1H3,(H,13,16). The van der Waals surface area contributed by atoms with Crippen molar-refractivity contribution in [1.82, 2.24) is 4.98 Å². The topological polar surface area (TPSA) is 98.0 Å². The number of nitrogens with one attached hydrogen (secondary N) is 1. The third kappa shape index (κ3) is 2.40. The molecule has 0 aliphatic carbocycles. The van der Waals surface area contributed by atoms with E-state index in [0.29, 0.717) is 24.2 Å². The Labute approximate surface area is 96.3 Å². The number of fused-ring (bicyclic) bond motifs is 1. The molecule has 2 aromatic rings. The molecule has 7 nitrogen and oxygen atoms in total. The SMILES string of the molecule is CN(CCN=[N+]=[N-])c1ccc2[nH]c(=O)oc2c1. The summed E-state index contributed by atoms with van der Waals surface area (Å²) in [5, 5.41) is 3.46. The van der Waals surface area contributed by atoms with Crippen LogP contribution >= 0.6 is 0 Å². The minimum absolute atomic E-state index is 0.391. The van der Waals surface area contributed by atoms with Crippen molar-refractivity contribution in [2.24, 2.45) is 5.11 Å². The summed E-state index contributed by atoms with van der Waals surface area (Å²) in [5.74, 6) is -0.464. The number of oxazole rings is 1. The van der Waals surface area contributed by atoms with E-state index in [1.165, 1.54) is 0 Å². The number of anilines is 1. The fraction of sp³-hybridized carbons (Fsp3) is 0.300. The van der Waals surface area contributed by atoms with Crippen LogP contribution in [0.15, 0.2) is 32.5 Å². The van der Waals surface area contributed by atoms with E-state index in [-0.39, 0.29) is 0 Å². The molecule has 2 rings (SSSR count). The average molecular weight is 233 g/mol. The number of likely N-dealkylation sites (N-methyl/N-ethyl adjacent to an activating group) is 1. The van der Waals surface area contributed by atoms with Crippen LogP contribution in [0.5, 0.6) is 0 Å². The molecule has 0 saturated carbocycles. The molecule has 0 aliphatic heterocycles. The van der Waals surface area contributed by atoms with Crippen LogP contribution in [-0.2, 0) is 0 Å². The van der Waals surface area contributed by atoms with Gasteiger partial charge in [0.25, 0.3) is 0 Å². The molecule has 17 heavy (non-hydrogen) atoms. The Balaban J connectivity index is 2.22. The van der Waals surface area contributed by atoms with Crippen LogP contribution in [0.4, 0.5) is 5.69 Å². The van der Waals surface area contributed by atoms with Gasteiger partial charge in [0.05, 0.1) is 5.52 Å². The molecule has 1 aromatic carbocycles. The molecular weight excluding hydrogens is 222 g/mol. The van der Waals surface area contributed by atoms with Crippen LogP contribution in [0.25, 0.3) is 21.5 Å². The predicted molar refractivity (Wildman–Crippen MR) is 64.1 cm³/mol. The second kappa shape index (κ2) is 4.63. The molecular formula is C10H11N5O2. The Morgan fingerprint density at radius 2 is 2.41 bits per heavy atom. The normalized spacial score (nSPS) is 10.2. The highest BCUT2D eigenvalue weighted by Crippen LogP contribution is 2.18. The number of benzene rings is 1. The minimum Gasteiger partial charge on any atom is -0.408 e. The van der Waals surface area contributed by atoms with Gasteiger partial charge in [0, 0.05) is 36.8 Å². The first-order chi connectivity index (χ1) is 8.20. The molecule has 7 heteroatoms. The van der Waals surface area contributed by atoms with E-state index in [2.05, 4.69) is 15.0 Å². The van der Waals surface area contributed by atoms with E-state index >= 15 is 0 Å². The second-order valence-corrected chi connectivity index (χ2v) is 3.57. The highest BCUT2D eigenvalue weighted by atomic mass is 16.4. The van der Waals surface area contributed by atoms with Crippen LogP contribution in [0.2, 0.25) is 0 Å². The van der Waals surface area contributed by atoms with Gasteiger partial charge in [0.15, 0.2) is 5.58 Å². The van der Waals surface area contributed by atoms with Gasteiger partial charge < -0.3 is 9.32 Å². The number of hydrogen-bond donors (Lipinski definition) is 1. The summed E-state index contributed by atoms with van der Waals surface area (Å²) in [7, 11) is 1.87. The van der Waals surface area contributed by atoms with Crippen molar-refractivity contribution in [2.45, 2.75) is 0 Å². The van der Waals surface area contributed by atoms with Crippen molar-refractivity contribution in [1.29, 1.82) is 0 Å². The molecule has 0 spiro atoms. The lowest BCUT2D eigenvalue weighted by atomic mass is 10.2. The van der Waals surface area contributed by atoms with E-state index in [1.54, 1.807) is 12.1 Å². The lowest BCUT2D eigenvalue weighted by molar-refractivity contribution is 0.555. The molecule has 0 saturated heterocycles. The fourth-order valence-electron chi connectivity index (χ4n) is 1.54.